The summed E-state index contributed by atoms with van der Waals surface area (Å²) in [6, 6.07) is 6.04. The highest BCUT2D eigenvalue weighted by molar-refractivity contribution is 6.09. The molecule has 122 valence electrons. The molecule has 0 aliphatic rings. The second-order valence-corrected chi connectivity index (χ2v) is 6.00. The van der Waals surface area contributed by atoms with Gasteiger partial charge >= 0.3 is 0 Å². The highest BCUT2D eigenvalue weighted by Gasteiger charge is 2.13. The van der Waals surface area contributed by atoms with Gasteiger partial charge in [-0.2, -0.15) is 0 Å². The molecule has 0 fully saturated rings. The van der Waals surface area contributed by atoms with E-state index in [0.717, 1.165) is 52.0 Å². The number of pyridine rings is 1. The van der Waals surface area contributed by atoms with E-state index in [1.165, 1.54) is 0 Å². The Hall–Kier alpha value is -2.27. The third-order valence-electron chi connectivity index (χ3n) is 3.99. The summed E-state index contributed by atoms with van der Waals surface area (Å²) in [4.78, 5) is 9.97. The minimum atomic E-state index is 0.668. The maximum atomic E-state index is 5.93. The van der Waals surface area contributed by atoms with Gasteiger partial charge in [0.25, 0.3) is 0 Å². The lowest BCUT2D eigenvalue weighted by atomic mass is 10.1. The number of H-pyrrole nitrogens is 1. The van der Waals surface area contributed by atoms with Gasteiger partial charge in [-0.3, -0.25) is 4.98 Å². The number of nitrogens with one attached hydrogen (secondary N) is 1. The van der Waals surface area contributed by atoms with Gasteiger partial charge < -0.3 is 19.4 Å². The van der Waals surface area contributed by atoms with E-state index < -0.39 is 0 Å². The molecule has 5 nitrogen and oxygen atoms in total. The number of aromatic nitrogens is 2. The van der Waals surface area contributed by atoms with Crippen molar-refractivity contribution in [2.24, 2.45) is 0 Å². The van der Waals surface area contributed by atoms with Crippen LogP contribution in [0.25, 0.3) is 21.8 Å². The van der Waals surface area contributed by atoms with Crippen LogP contribution in [-0.2, 0) is 0 Å². The van der Waals surface area contributed by atoms with E-state index in [9.17, 15) is 0 Å². The highest BCUT2D eigenvalue weighted by Crippen LogP contribution is 2.36. The van der Waals surface area contributed by atoms with Crippen LogP contribution in [0.5, 0.6) is 11.5 Å². The standard InChI is InChI=1S/C18H23N3O2/c1-12-18-13-10-16(22-4)17(23-9-5-8-21(2)3)11-15(13)20-14(18)6-7-19-12/h6-7,10-11,20H,5,8-9H2,1-4H3. The normalized spacial score (nSPS) is 11.5. The van der Waals surface area contributed by atoms with E-state index in [0.29, 0.717) is 6.61 Å². The van der Waals surface area contributed by atoms with Gasteiger partial charge in [-0.25, -0.2) is 0 Å². The summed E-state index contributed by atoms with van der Waals surface area (Å²) >= 11 is 0. The predicted molar refractivity (Wildman–Crippen MR) is 93.6 cm³/mol. The molecule has 0 saturated carbocycles. The van der Waals surface area contributed by atoms with Crippen LogP contribution < -0.4 is 9.47 Å². The zero-order chi connectivity index (χ0) is 16.4. The van der Waals surface area contributed by atoms with Crippen molar-refractivity contribution in [3.05, 3.63) is 30.1 Å². The van der Waals surface area contributed by atoms with Gasteiger partial charge in [0.15, 0.2) is 11.5 Å². The lowest BCUT2D eigenvalue weighted by molar-refractivity contribution is 0.268. The summed E-state index contributed by atoms with van der Waals surface area (Å²) < 4.78 is 11.4. The van der Waals surface area contributed by atoms with Gasteiger partial charge in [0, 0.05) is 40.8 Å². The van der Waals surface area contributed by atoms with E-state index >= 15 is 0 Å². The Balaban J connectivity index is 1.96. The lowest BCUT2D eigenvalue weighted by Crippen LogP contribution is -2.15. The maximum absolute atomic E-state index is 5.93. The van der Waals surface area contributed by atoms with Crippen LogP contribution in [0.15, 0.2) is 24.4 Å². The fourth-order valence-electron chi connectivity index (χ4n) is 2.86. The first kappa shape index (κ1) is 15.6. The van der Waals surface area contributed by atoms with Gasteiger partial charge in [-0.05, 0) is 39.6 Å². The minimum absolute atomic E-state index is 0.668. The van der Waals surface area contributed by atoms with Crippen molar-refractivity contribution in [2.45, 2.75) is 13.3 Å². The molecule has 0 saturated heterocycles. The first-order valence-corrected chi connectivity index (χ1v) is 7.82. The van der Waals surface area contributed by atoms with Crippen LogP contribution in [-0.4, -0.2) is 49.2 Å². The fourth-order valence-corrected chi connectivity index (χ4v) is 2.86. The zero-order valence-corrected chi connectivity index (χ0v) is 14.1. The molecule has 3 rings (SSSR count). The Labute approximate surface area is 136 Å². The number of nitrogens with zero attached hydrogens (tertiary/aromatic N) is 2. The molecule has 0 unspecified atom stereocenters. The molecular weight excluding hydrogens is 290 g/mol. The molecule has 0 radical (unpaired) electrons. The summed E-state index contributed by atoms with van der Waals surface area (Å²) in [5.74, 6) is 1.53. The van der Waals surface area contributed by atoms with Crippen molar-refractivity contribution in [2.75, 3.05) is 34.4 Å². The highest BCUT2D eigenvalue weighted by atomic mass is 16.5. The second kappa shape index (κ2) is 6.46. The van der Waals surface area contributed by atoms with Crippen molar-refractivity contribution in [3.63, 3.8) is 0 Å². The molecule has 0 atom stereocenters. The molecule has 0 spiro atoms. The molecule has 5 heteroatoms. The molecule has 0 aliphatic carbocycles. The van der Waals surface area contributed by atoms with Crippen LogP contribution in [0.2, 0.25) is 0 Å². The quantitative estimate of drug-likeness (QED) is 0.709. The van der Waals surface area contributed by atoms with Gasteiger partial charge in [0.05, 0.1) is 19.2 Å². The number of hydrogen-bond acceptors (Lipinski definition) is 4. The molecule has 3 aromatic rings. The van der Waals surface area contributed by atoms with Gasteiger partial charge in [0.1, 0.15) is 0 Å². The maximum Gasteiger partial charge on any atom is 0.163 e. The number of ether oxygens (including phenoxy) is 2. The van der Waals surface area contributed by atoms with E-state index in [-0.39, 0.29) is 0 Å². The van der Waals surface area contributed by atoms with Crippen molar-refractivity contribution >= 4 is 21.8 Å². The third-order valence-corrected chi connectivity index (χ3v) is 3.99. The lowest BCUT2D eigenvalue weighted by Gasteiger charge is -2.13. The summed E-state index contributed by atoms with van der Waals surface area (Å²) in [7, 11) is 5.80. The molecule has 2 aromatic heterocycles. The summed E-state index contributed by atoms with van der Waals surface area (Å²) in [5, 5.41) is 2.25. The van der Waals surface area contributed by atoms with Gasteiger partial charge in [-0.1, -0.05) is 0 Å². The number of aryl methyl sites for hydroxylation is 1. The topological polar surface area (TPSA) is 50.4 Å². The second-order valence-electron chi connectivity index (χ2n) is 6.00. The summed E-state index contributed by atoms with van der Waals surface area (Å²) in [6.07, 6.45) is 2.80. The van der Waals surface area contributed by atoms with E-state index in [1.54, 1.807) is 7.11 Å². The smallest absolute Gasteiger partial charge is 0.163 e. The monoisotopic (exact) mass is 313 g/mol. The Morgan fingerprint density at radius 2 is 2.00 bits per heavy atom. The van der Waals surface area contributed by atoms with Crippen LogP contribution in [0.1, 0.15) is 12.1 Å². The van der Waals surface area contributed by atoms with Crippen LogP contribution in [0.3, 0.4) is 0 Å². The number of methoxy groups -OCH3 is 1. The summed E-state index contributed by atoms with van der Waals surface area (Å²) in [6.45, 7) is 3.69. The Bertz CT molecular complexity index is 824. The Morgan fingerprint density at radius 1 is 1.17 bits per heavy atom. The molecule has 0 bridgehead atoms. The third kappa shape index (κ3) is 3.10. The predicted octanol–water partition coefficient (Wildman–Crippen LogP) is 3.36. The number of hydrogen-bond donors (Lipinski definition) is 1. The fraction of sp³-hybridized carbons (Fsp3) is 0.389. The minimum Gasteiger partial charge on any atom is -0.493 e. The van der Waals surface area contributed by atoms with Crippen LogP contribution in [0, 0.1) is 6.92 Å². The Morgan fingerprint density at radius 3 is 2.74 bits per heavy atom. The SMILES string of the molecule is COc1cc2c(cc1OCCCN(C)C)[nH]c1ccnc(C)c12. The van der Waals surface area contributed by atoms with Crippen LogP contribution in [0.4, 0.5) is 0 Å². The van der Waals surface area contributed by atoms with Crippen LogP contribution >= 0.6 is 0 Å². The zero-order valence-electron chi connectivity index (χ0n) is 14.1. The molecule has 1 N–H and O–H groups in total. The largest absolute Gasteiger partial charge is 0.493 e. The van der Waals surface area contributed by atoms with Gasteiger partial charge in [0.2, 0.25) is 0 Å². The molecular formula is C18H23N3O2. The molecule has 23 heavy (non-hydrogen) atoms. The molecule has 0 amide bonds. The van der Waals surface area contributed by atoms with Crippen molar-refractivity contribution in [3.8, 4) is 11.5 Å². The first-order chi connectivity index (χ1) is 11.1. The van der Waals surface area contributed by atoms with E-state index in [2.05, 4.69) is 29.0 Å². The average molecular weight is 313 g/mol. The Kier molecular flexibility index (Phi) is 4.39. The van der Waals surface area contributed by atoms with E-state index in [4.69, 9.17) is 9.47 Å². The van der Waals surface area contributed by atoms with Crippen molar-refractivity contribution in [1.82, 2.24) is 14.9 Å². The summed E-state index contributed by atoms with van der Waals surface area (Å²) in [5.41, 5.74) is 3.13. The molecule has 2 heterocycles. The first-order valence-electron chi connectivity index (χ1n) is 7.82. The number of fused-ring (bicyclic) bond motifs is 3. The van der Waals surface area contributed by atoms with E-state index in [1.807, 2.05) is 31.3 Å². The van der Waals surface area contributed by atoms with Gasteiger partial charge in [-0.15, -0.1) is 0 Å². The van der Waals surface area contributed by atoms with Crippen molar-refractivity contribution in [1.29, 1.82) is 0 Å². The number of benzene rings is 1. The number of aromatic amines is 1. The molecule has 0 aliphatic heterocycles. The number of rotatable bonds is 6. The van der Waals surface area contributed by atoms with Crippen molar-refractivity contribution < 1.29 is 9.47 Å². The molecule has 1 aromatic carbocycles. The average Bonchev–Trinajstić information content (AvgIpc) is 2.89.